The van der Waals surface area contributed by atoms with Gasteiger partial charge >= 0.3 is 0 Å². The summed E-state index contributed by atoms with van der Waals surface area (Å²) in [6.45, 7) is 3.50. The maximum Gasteiger partial charge on any atom is 0.223 e. The molecule has 1 unspecified atom stereocenters. The van der Waals surface area contributed by atoms with Gasteiger partial charge < -0.3 is 15.4 Å². The van der Waals surface area contributed by atoms with Gasteiger partial charge in [-0.25, -0.2) is 0 Å². The topological polar surface area (TPSA) is 55.6 Å². The molecule has 5 heteroatoms. The van der Waals surface area contributed by atoms with E-state index in [0.29, 0.717) is 29.6 Å². The van der Waals surface area contributed by atoms with Gasteiger partial charge in [0.05, 0.1) is 12.7 Å². The van der Waals surface area contributed by atoms with E-state index in [1.807, 2.05) is 23.1 Å². The fourth-order valence-electron chi connectivity index (χ4n) is 2.39. The van der Waals surface area contributed by atoms with Gasteiger partial charge in [-0.05, 0) is 23.6 Å². The summed E-state index contributed by atoms with van der Waals surface area (Å²) in [6.07, 6.45) is 0.637. The van der Waals surface area contributed by atoms with Gasteiger partial charge in [0.25, 0.3) is 0 Å². The molecule has 1 amide bonds. The SMILES string of the molecule is COc1ccc(CN2CC(C)CC2=O)cc1C(N)=S. The van der Waals surface area contributed by atoms with Crippen molar-refractivity contribution in [3.8, 4) is 5.75 Å². The lowest BCUT2D eigenvalue weighted by molar-refractivity contribution is -0.128. The second-order valence-electron chi connectivity index (χ2n) is 4.98. The summed E-state index contributed by atoms with van der Waals surface area (Å²) in [7, 11) is 1.59. The number of methoxy groups -OCH3 is 1. The van der Waals surface area contributed by atoms with Crippen LogP contribution in [-0.2, 0) is 11.3 Å². The second kappa shape index (κ2) is 5.57. The van der Waals surface area contributed by atoms with Crippen molar-refractivity contribution in [1.29, 1.82) is 0 Å². The molecule has 0 saturated carbocycles. The predicted molar refractivity (Wildman–Crippen MR) is 78.1 cm³/mol. The molecule has 1 heterocycles. The molecule has 4 nitrogen and oxygen atoms in total. The zero-order valence-corrected chi connectivity index (χ0v) is 12.0. The highest BCUT2D eigenvalue weighted by atomic mass is 32.1. The van der Waals surface area contributed by atoms with Crippen molar-refractivity contribution >= 4 is 23.1 Å². The Kier molecular flexibility index (Phi) is 4.04. The van der Waals surface area contributed by atoms with Crippen LogP contribution in [0.1, 0.15) is 24.5 Å². The normalized spacial score (nSPS) is 18.7. The lowest BCUT2D eigenvalue weighted by atomic mass is 10.1. The lowest BCUT2D eigenvalue weighted by Gasteiger charge is -2.17. The maximum absolute atomic E-state index is 11.8. The number of hydrogen-bond donors (Lipinski definition) is 1. The van der Waals surface area contributed by atoms with Crippen LogP contribution in [0.5, 0.6) is 5.75 Å². The summed E-state index contributed by atoms with van der Waals surface area (Å²) in [5.41, 5.74) is 7.42. The van der Waals surface area contributed by atoms with Gasteiger partial charge in [0.1, 0.15) is 10.7 Å². The lowest BCUT2D eigenvalue weighted by Crippen LogP contribution is -2.24. The molecule has 1 atom stereocenters. The van der Waals surface area contributed by atoms with Gasteiger partial charge in [-0.15, -0.1) is 0 Å². The van der Waals surface area contributed by atoms with Gasteiger partial charge in [-0.3, -0.25) is 4.79 Å². The van der Waals surface area contributed by atoms with Crippen LogP contribution >= 0.6 is 12.2 Å². The van der Waals surface area contributed by atoms with Gasteiger partial charge in [0.2, 0.25) is 5.91 Å². The van der Waals surface area contributed by atoms with E-state index in [1.165, 1.54) is 0 Å². The number of thiocarbonyl (C=S) groups is 1. The number of carbonyl (C=O) groups is 1. The summed E-state index contributed by atoms with van der Waals surface area (Å²) in [5, 5.41) is 0. The number of nitrogens with two attached hydrogens (primary N) is 1. The van der Waals surface area contributed by atoms with E-state index in [0.717, 1.165) is 17.7 Å². The molecule has 19 heavy (non-hydrogen) atoms. The number of amides is 1. The van der Waals surface area contributed by atoms with Crippen LogP contribution < -0.4 is 10.5 Å². The van der Waals surface area contributed by atoms with E-state index in [-0.39, 0.29) is 5.91 Å². The van der Waals surface area contributed by atoms with E-state index in [9.17, 15) is 4.79 Å². The van der Waals surface area contributed by atoms with E-state index < -0.39 is 0 Å². The fourth-order valence-corrected chi connectivity index (χ4v) is 2.55. The molecule has 2 N–H and O–H groups in total. The smallest absolute Gasteiger partial charge is 0.223 e. The molecule has 0 aliphatic carbocycles. The van der Waals surface area contributed by atoms with Crippen molar-refractivity contribution in [3.63, 3.8) is 0 Å². The molecule has 1 saturated heterocycles. The number of likely N-dealkylation sites (tertiary alicyclic amines) is 1. The van der Waals surface area contributed by atoms with Crippen LogP contribution in [0.2, 0.25) is 0 Å². The predicted octanol–water partition coefficient (Wildman–Crippen LogP) is 1.70. The Balaban J connectivity index is 2.19. The Morgan fingerprint density at radius 2 is 2.32 bits per heavy atom. The van der Waals surface area contributed by atoms with Crippen molar-refractivity contribution < 1.29 is 9.53 Å². The number of nitrogens with zero attached hydrogens (tertiary/aromatic N) is 1. The first-order chi connectivity index (χ1) is 9.01. The van der Waals surface area contributed by atoms with Crippen LogP contribution in [0.3, 0.4) is 0 Å². The Labute approximate surface area is 118 Å². The molecule has 0 radical (unpaired) electrons. The monoisotopic (exact) mass is 278 g/mol. The van der Waals surface area contributed by atoms with Crippen molar-refractivity contribution in [2.75, 3.05) is 13.7 Å². The highest BCUT2D eigenvalue weighted by Crippen LogP contribution is 2.23. The van der Waals surface area contributed by atoms with E-state index in [1.54, 1.807) is 7.11 Å². The summed E-state index contributed by atoms with van der Waals surface area (Å²) < 4.78 is 5.22. The fraction of sp³-hybridized carbons (Fsp3) is 0.429. The third kappa shape index (κ3) is 3.04. The molecule has 1 aromatic rings. The Morgan fingerprint density at radius 3 is 2.84 bits per heavy atom. The average molecular weight is 278 g/mol. The van der Waals surface area contributed by atoms with Crippen LogP contribution in [-0.4, -0.2) is 29.5 Å². The van der Waals surface area contributed by atoms with Crippen molar-refractivity contribution in [2.45, 2.75) is 19.9 Å². The number of hydrogen-bond acceptors (Lipinski definition) is 3. The van der Waals surface area contributed by atoms with Gasteiger partial charge in [-0.2, -0.15) is 0 Å². The largest absolute Gasteiger partial charge is 0.496 e. The third-order valence-electron chi connectivity index (χ3n) is 3.31. The average Bonchev–Trinajstić information content (AvgIpc) is 2.67. The summed E-state index contributed by atoms with van der Waals surface area (Å²) in [5.74, 6) is 1.30. The van der Waals surface area contributed by atoms with Gasteiger partial charge in [-0.1, -0.05) is 25.2 Å². The molecule has 0 bridgehead atoms. The molecule has 2 rings (SSSR count). The minimum absolute atomic E-state index is 0.209. The summed E-state index contributed by atoms with van der Waals surface area (Å²) >= 11 is 5.02. The Hall–Kier alpha value is -1.62. The Morgan fingerprint density at radius 1 is 1.58 bits per heavy atom. The zero-order valence-electron chi connectivity index (χ0n) is 11.2. The highest BCUT2D eigenvalue weighted by molar-refractivity contribution is 7.80. The highest BCUT2D eigenvalue weighted by Gasteiger charge is 2.26. The van der Waals surface area contributed by atoms with Crippen LogP contribution in [0.25, 0.3) is 0 Å². The van der Waals surface area contributed by atoms with E-state index in [4.69, 9.17) is 22.7 Å². The van der Waals surface area contributed by atoms with Crippen molar-refractivity contribution in [2.24, 2.45) is 11.7 Å². The first kappa shape index (κ1) is 13.8. The van der Waals surface area contributed by atoms with Gasteiger partial charge in [0, 0.05) is 19.5 Å². The second-order valence-corrected chi connectivity index (χ2v) is 5.42. The molecule has 1 aliphatic heterocycles. The molecule has 0 spiro atoms. The van der Waals surface area contributed by atoms with Crippen molar-refractivity contribution in [1.82, 2.24) is 4.90 Å². The molecule has 1 aliphatic rings. The number of ether oxygens (including phenoxy) is 1. The number of carbonyl (C=O) groups excluding carboxylic acids is 1. The summed E-state index contributed by atoms with van der Waals surface area (Å²) in [4.78, 5) is 14.0. The first-order valence-corrected chi connectivity index (χ1v) is 6.66. The third-order valence-corrected chi connectivity index (χ3v) is 3.53. The summed E-state index contributed by atoms with van der Waals surface area (Å²) in [6, 6.07) is 5.68. The molecular formula is C14H18N2O2S. The van der Waals surface area contributed by atoms with Gasteiger partial charge in [0.15, 0.2) is 0 Å². The van der Waals surface area contributed by atoms with E-state index in [2.05, 4.69) is 6.92 Å². The van der Waals surface area contributed by atoms with Crippen LogP contribution in [0.4, 0.5) is 0 Å². The minimum Gasteiger partial charge on any atom is -0.496 e. The van der Waals surface area contributed by atoms with E-state index >= 15 is 0 Å². The minimum atomic E-state index is 0.209. The number of rotatable bonds is 4. The Bertz CT molecular complexity index is 516. The quantitative estimate of drug-likeness (QED) is 0.852. The van der Waals surface area contributed by atoms with Crippen LogP contribution in [0.15, 0.2) is 18.2 Å². The molecule has 102 valence electrons. The molecular weight excluding hydrogens is 260 g/mol. The van der Waals surface area contributed by atoms with Crippen molar-refractivity contribution in [3.05, 3.63) is 29.3 Å². The molecule has 1 aromatic carbocycles. The first-order valence-electron chi connectivity index (χ1n) is 6.25. The number of benzene rings is 1. The zero-order chi connectivity index (χ0) is 14.0. The molecule has 1 fully saturated rings. The van der Waals surface area contributed by atoms with Crippen LogP contribution in [0, 0.1) is 5.92 Å². The molecule has 0 aromatic heterocycles. The maximum atomic E-state index is 11.8. The standard InChI is InChI=1S/C14H18N2O2S/c1-9-5-13(17)16(7-9)8-10-3-4-12(18-2)11(6-10)14(15)19/h3-4,6,9H,5,7-8H2,1-2H3,(H2,15,19).